The van der Waals surface area contributed by atoms with Crippen LogP contribution >= 0.6 is 0 Å². The second kappa shape index (κ2) is 6.45. The summed E-state index contributed by atoms with van der Waals surface area (Å²) in [5.74, 6) is -6.49. The SMILES string of the molecule is CC(=O)NC1C(O)CC(O)(C(=O)O)OC1C(=O)[C@H](O)CO. The van der Waals surface area contributed by atoms with Crippen molar-refractivity contribution in [2.45, 2.75) is 43.5 Å². The van der Waals surface area contributed by atoms with Crippen LogP contribution in [0.1, 0.15) is 13.3 Å². The van der Waals surface area contributed by atoms with Crippen molar-refractivity contribution >= 4 is 17.7 Å². The topological polar surface area (TPSA) is 174 Å². The largest absolute Gasteiger partial charge is 0.477 e. The van der Waals surface area contributed by atoms with Crippen LogP contribution < -0.4 is 5.32 Å². The van der Waals surface area contributed by atoms with Crippen LogP contribution in [-0.4, -0.2) is 79.9 Å². The van der Waals surface area contributed by atoms with Gasteiger partial charge in [0.2, 0.25) is 5.91 Å². The van der Waals surface area contributed by atoms with E-state index in [4.69, 9.17) is 14.9 Å². The first-order valence-electron chi connectivity index (χ1n) is 6.03. The minimum atomic E-state index is -2.84. The molecule has 0 radical (unpaired) electrons. The van der Waals surface area contributed by atoms with Crippen molar-refractivity contribution in [3.63, 3.8) is 0 Å². The number of Topliss-reactive ketones (excluding diaryl/α,β-unsaturated/α-hetero) is 1. The van der Waals surface area contributed by atoms with Crippen LogP contribution in [0, 0.1) is 0 Å². The molecule has 1 rings (SSSR count). The Morgan fingerprint density at radius 2 is 2.00 bits per heavy atom. The second-order valence-electron chi connectivity index (χ2n) is 4.73. The molecule has 6 N–H and O–H groups in total. The van der Waals surface area contributed by atoms with E-state index < -0.39 is 60.8 Å². The lowest BCUT2D eigenvalue weighted by molar-refractivity contribution is -0.272. The number of hydrogen-bond acceptors (Lipinski definition) is 8. The number of nitrogens with one attached hydrogen (secondary N) is 1. The van der Waals surface area contributed by atoms with Crippen LogP contribution in [0.15, 0.2) is 0 Å². The number of ketones is 1. The summed E-state index contributed by atoms with van der Waals surface area (Å²) in [4.78, 5) is 33.9. The van der Waals surface area contributed by atoms with E-state index >= 15 is 0 Å². The van der Waals surface area contributed by atoms with Gasteiger partial charge in [0.25, 0.3) is 5.79 Å². The number of ether oxygens (including phenoxy) is 1. The van der Waals surface area contributed by atoms with E-state index in [1.165, 1.54) is 0 Å². The zero-order valence-corrected chi connectivity index (χ0v) is 11.1. The zero-order valence-electron chi connectivity index (χ0n) is 11.1. The van der Waals surface area contributed by atoms with E-state index in [1.54, 1.807) is 0 Å². The molecule has 0 spiro atoms. The number of carboxylic acid groups (broad SMARTS) is 1. The van der Waals surface area contributed by atoms with Crippen LogP contribution in [0.5, 0.6) is 0 Å². The van der Waals surface area contributed by atoms with E-state index in [9.17, 15) is 29.7 Å². The van der Waals surface area contributed by atoms with Gasteiger partial charge in [0, 0.05) is 13.3 Å². The summed E-state index contributed by atoms with van der Waals surface area (Å²) in [6.07, 6.45) is -6.13. The van der Waals surface area contributed by atoms with Crippen LogP contribution in [0.25, 0.3) is 0 Å². The Balaban J connectivity index is 3.10. The molecule has 21 heavy (non-hydrogen) atoms. The second-order valence-corrected chi connectivity index (χ2v) is 4.73. The van der Waals surface area contributed by atoms with Crippen LogP contribution in [0.3, 0.4) is 0 Å². The number of carbonyl (C=O) groups excluding carboxylic acids is 2. The smallest absolute Gasteiger partial charge is 0.364 e. The Bertz CT molecular complexity index is 439. The molecule has 1 amide bonds. The molecular formula is C11H17NO9. The number of aliphatic carboxylic acids is 1. The molecule has 10 heteroatoms. The average molecular weight is 307 g/mol. The maximum Gasteiger partial charge on any atom is 0.364 e. The third-order valence-electron chi connectivity index (χ3n) is 3.03. The van der Waals surface area contributed by atoms with Gasteiger partial charge >= 0.3 is 5.97 Å². The molecule has 5 atom stereocenters. The number of rotatable bonds is 5. The minimum Gasteiger partial charge on any atom is -0.477 e. The van der Waals surface area contributed by atoms with Crippen molar-refractivity contribution in [3.05, 3.63) is 0 Å². The molecule has 1 aliphatic heterocycles. The van der Waals surface area contributed by atoms with Gasteiger partial charge in [-0.25, -0.2) is 4.79 Å². The molecule has 0 aromatic heterocycles. The van der Waals surface area contributed by atoms with Gasteiger partial charge in [-0.3, -0.25) is 9.59 Å². The number of hydrogen-bond donors (Lipinski definition) is 6. The molecule has 10 nitrogen and oxygen atoms in total. The number of carboxylic acids is 1. The van der Waals surface area contributed by atoms with Gasteiger partial charge in [-0.1, -0.05) is 0 Å². The molecule has 0 aliphatic carbocycles. The molecule has 0 aromatic carbocycles. The number of aliphatic hydroxyl groups excluding tert-OH is 3. The average Bonchev–Trinajstić information content (AvgIpc) is 2.39. The lowest BCUT2D eigenvalue weighted by atomic mass is 9.89. The Labute approximate surface area is 119 Å². The maximum atomic E-state index is 11.9. The van der Waals surface area contributed by atoms with Crippen molar-refractivity contribution < 1.29 is 44.7 Å². The molecule has 1 heterocycles. The summed E-state index contributed by atoms with van der Waals surface area (Å²) in [6.45, 7) is 0.127. The highest BCUT2D eigenvalue weighted by molar-refractivity contribution is 5.89. The third-order valence-corrected chi connectivity index (χ3v) is 3.03. The van der Waals surface area contributed by atoms with Crippen molar-refractivity contribution in [2.75, 3.05) is 6.61 Å². The van der Waals surface area contributed by atoms with Gasteiger partial charge in [-0.15, -0.1) is 0 Å². The zero-order chi connectivity index (χ0) is 16.4. The summed E-state index contributed by atoms with van der Waals surface area (Å²) < 4.78 is 4.76. The first kappa shape index (κ1) is 17.5. The van der Waals surface area contributed by atoms with Gasteiger partial charge < -0.3 is 35.6 Å². The van der Waals surface area contributed by atoms with Crippen LogP contribution in [0.2, 0.25) is 0 Å². The minimum absolute atomic E-state index is 0.639. The summed E-state index contributed by atoms with van der Waals surface area (Å²) >= 11 is 0. The van der Waals surface area contributed by atoms with Crippen molar-refractivity contribution in [1.82, 2.24) is 5.32 Å². The fraction of sp³-hybridized carbons (Fsp3) is 0.727. The van der Waals surface area contributed by atoms with Crippen LogP contribution in [0.4, 0.5) is 0 Å². The lowest BCUT2D eigenvalue weighted by Crippen LogP contribution is -2.66. The highest BCUT2D eigenvalue weighted by atomic mass is 16.7. The third kappa shape index (κ3) is 3.74. The number of amides is 1. The monoisotopic (exact) mass is 307 g/mol. The molecule has 1 aliphatic rings. The predicted molar refractivity (Wildman–Crippen MR) is 63.8 cm³/mol. The van der Waals surface area contributed by atoms with E-state index in [-0.39, 0.29) is 0 Å². The standard InChI is InChI=1S/C11H17NO9/c1-4(14)12-7-5(15)2-11(20,10(18)19)21-9(7)8(17)6(16)3-13/h5-7,9,13,15-16,20H,2-3H2,1H3,(H,12,14)(H,18,19)/t5?,6-,7?,9?,11?/m1/s1. The summed E-state index contributed by atoms with van der Waals surface area (Å²) in [7, 11) is 0. The predicted octanol–water partition coefficient (Wildman–Crippen LogP) is -3.66. The number of aliphatic hydroxyl groups is 4. The normalized spacial score (nSPS) is 34.0. The van der Waals surface area contributed by atoms with Crippen molar-refractivity contribution in [3.8, 4) is 0 Å². The molecule has 4 unspecified atom stereocenters. The van der Waals surface area contributed by atoms with Gasteiger partial charge in [-0.05, 0) is 0 Å². The number of carbonyl (C=O) groups is 3. The molecule has 1 fully saturated rings. The quantitative estimate of drug-likeness (QED) is 0.299. The molecule has 120 valence electrons. The summed E-state index contributed by atoms with van der Waals surface area (Å²) in [5.41, 5.74) is 0. The van der Waals surface area contributed by atoms with E-state index in [0.717, 1.165) is 6.92 Å². The highest BCUT2D eigenvalue weighted by Crippen LogP contribution is 2.29. The Kier molecular flexibility index (Phi) is 5.36. The Morgan fingerprint density at radius 1 is 1.43 bits per heavy atom. The molecular weight excluding hydrogens is 290 g/mol. The van der Waals surface area contributed by atoms with Gasteiger partial charge in [0.15, 0.2) is 5.78 Å². The highest BCUT2D eigenvalue weighted by Gasteiger charge is 2.53. The van der Waals surface area contributed by atoms with Crippen molar-refractivity contribution in [1.29, 1.82) is 0 Å². The molecule has 0 saturated carbocycles. The summed E-state index contributed by atoms with van der Waals surface area (Å²) in [5, 5.41) is 48.8. The van der Waals surface area contributed by atoms with Gasteiger partial charge in [0.1, 0.15) is 12.2 Å². The maximum absolute atomic E-state index is 11.9. The van der Waals surface area contributed by atoms with Gasteiger partial charge in [0.05, 0.1) is 18.8 Å². The van der Waals surface area contributed by atoms with Crippen molar-refractivity contribution in [2.24, 2.45) is 0 Å². The fourth-order valence-electron chi connectivity index (χ4n) is 2.00. The van der Waals surface area contributed by atoms with Crippen LogP contribution in [-0.2, 0) is 19.1 Å². The van der Waals surface area contributed by atoms with E-state index in [2.05, 4.69) is 5.32 Å². The van der Waals surface area contributed by atoms with E-state index in [1.807, 2.05) is 0 Å². The molecule has 1 saturated heterocycles. The molecule has 0 aromatic rings. The lowest BCUT2D eigenvalue weighted by Gasteiger charge is -2.41. The first-order chi connectivity index (χ1) is 9.62. The Hall–Kier alpha value is -1.59. The first-order valence-corrected chi connectivity index (χ1v) is 6.03. The molecule has 0 bridgehead atoms. The van der Waals surface area contributed by atoms with E-state index in [0.29, 0.717) is 0 Å². The van der Waals surface area contributed by atoms with Gasteiger partial charge in [-0.2, -0.15) is 0 Å². The summed E-state index contributed by atoms with van der Waals surface area (Å²) in [6, 6.07) is -1.36. The Morgan fingerprint density at radius 3 is 2.43 bits per heavy atom. The fourth-order valence-corrected chi connectivity index (χ4v) is 2.00.